The van der Waals surface area contributed by atoms with E-state index in [2.05, 4.69) is 29.6 Å². The number of nitro benzene ring substituents is 1. The molecule has 176 valence electrons. The normalized spacial score (nSPS) is 17.6. The molecular formula is C27H30N4O2S. The summed E-state index contributed by atoms with van der Waals surface area (Å²) in [6.07, 6.45) is 12.1. The van der Waals surface area contributed by atoms with E-state index in [9.17, 15) is 10.1 Å². The number of para-hydroxylation sites is 2. The van der Waals surface area contributed by atoms with E-state index < -0.39 is 0 Å². The fourth-order valence-corrected chi connectivity index (χ4v) is 5.89. The highest BCUT2D eigenvalue weighted by molar-refractivity contribution is 7.07. The van der Waals surface area contributed by atoms with Crippen molar-refractivity contribution in [3.63, 3.8) is 0 Å². The largest absolute Gasteiger partial charge is 0.294 e. The van der Waals surface area contributed by atoms with Gasteiger partial charge in [0.05, 0.1) is 10.6 Å². The second-order valence-corrected chi connectivity index (χ2v) is 10.1. The molecule has 0 amide bonds. The standard InChI is InChI=1S/C27H30N4O2S/c32-31(33)25-14-8-7-13-24(25)28-27-30(29-23-11-5-2-6-12-23)26(19-34-27)22-17-15-21(16-18-22)20-9-3-1-4-10-20/h7-8,13-20H,1-6,9-12H2. The smallest absolute Gasteiger partial charge is 0.258 e. The molecular weight excluding hydrogens is 444 g/mol. The lowest BCUT2D eigenvalue weighted by Crippen LogP contribution is -2.16. The van der Waals surface area contributed by atoms with Crippen LogP contribution in [-0.2, 0) is 0 Å². The van der Waals surface area contributed by atoms with Crippen molar-refractivity contribution in [2.75, 3.05) is 0 Å². The van der Waals surface area contributed by atoms with Crippen molar-refractivity contribution in [1.29, 1.82) is 0 Å². The Morgan fingerprint density at radius 1 is 0.912 bits per heavy atom. The van der Waals surface area contributed by atoms with Crippen molar-refractivity contribution in [1.82, 2.24) is 4.68 Å². The fraction of sp³-hybridized carbons (Fsp3) is 0.407. The lowest BCUT2D eigenvalue weighted by molar-refractivity contribution is -0.384. The molecule has 2 saturated carbocycles. The number of aromatic nitrogens is 1. The lowest BCUT2D eigenvalue weighted by Gasteiger charge is -2.22. The maximum absolute atomic E-state index is 11.5. The minimum atomic E-state index is -0.380. The Morgan fingerprint density at radius 3 is 2.35 bits per heavy atom. The Kier molecular flexibility index (Phi) is 7.00. The first kappa shape index (κ1) is 22.7. The van der Waals surface area contributed by atoms with Crippen LogP contribution < -0.4 is 4.80 Å². The molecule has 2 aliphatic rings. The summed E-state index contributed by atoms with van der Waals surface area (Å²) in [7, 11) is 0. The average Bonchev–Trinajstić information content (AvgIpc) is 3.27. The van der Waals surface area contributed by atoms with Gasteiger partial charge in [0, 0.05) is 22.7 Å². The SMILES string of the molecule is O=[N+]([O-])c1ccccc1N=c1scc(-c2ccc(C3CCCCC3)cc2)n1N=C1CCCCC1. The van der Waals surface area contributed by atoms with Crippen molar-refractivity contribution in [3.8, 4) is 11.3 Å². The highest BCUT2D eigenvalue weighted by atomic mass is 32.1. The summed E-state index contributed by atoms with van der Waals surface area (Å²) in [5, 5.41) is 18.6. The van der Waals surface area contributed by atoms with E-state index in [0.29, 0.717) is 16.4 Å². The molecule has 0 aliphatic heterocycles. The van der Waals surface area contributed by atoms with E-state index >= 15 is 0 Å². The third kappa shape index (κ3) is 5.04. The van der Waals surface area contributed by atoms with Gasteiger partial charge in [-0.05, 0) is 56.1 Å². The van der Waals surface area contributed by atoms with Gasteiger partial charge < -0.3 is 0 Å². The van der Waals surface area contributed by atoms with Gasteiger partial charge in [-0.1, -0.05) is 62.1 Å². The van der Waals surface area contributed by atoms with Crippen LogP contribution in [0.5, 0.6) is 0 Å². The van der Waals surface area contributed by atoms with Gasteiger partial charge in [-0.3, -0.25) is 10.1 Å². The summed E-state index contributed by atoms with van der Waals surface area (Å²) >= 11 is 1.47. The number of nitrogens with zero attached hydrogens (tertiary/aromatic N) is 4. The zero-order valence-corrected chi connectivity index (χ0v) is 20.2. The lowest BCUT2D eigenvalue weighted by atomic mass is 9.84. The zero-order chi connectivity index (χ0) is 23.3. The minimum absolute atomic E-state index is 0.00570. The van der Waals surface area contributed by atoms with E-state index in [4.69, 9.17) is 10.1 Å². The molecule has 0 saturated heterocycles. The Morgan fingerprint density at radius 2 is 1.62 bits per heavy atom. The Labute approximate surface area is 203 Å². The predicted molar refractivity (Wildman–Crippen MR) is 138 cm³/mol. The van der Waals surface area contributed by atoms with Gasteiger partial charge in [-0.2, -0.15) is 5.10 Å². The van der Waals surface area contributed by atoms with Crippen LogP contribution >= 0.6 is 11.3 Å². The molecule has 2 fully saturated rings. The number of rotatable bonds is 5. The second kappa shape index (κ2) is 10.5. The third-order valence-electron chi connectivity index (χ3n) is 6.94. The maximum Gasteiger partial charge on any atom is 0.294 e. The molecule has 0 atom stereocenters. The molecule has 2 aromatic carbocycles. The highest BCUT2D eigenvalue weighted by Gasteiger charge is 2.17. The van der Waals surface area contributed by atoms with Crippen LogP contribution in [0.4, 0.5) is 11.4 Å². The predicted octanol–water partition coefficient (Wildman–Crippen LogP) is 7.57. The van der Waals surface area contributed by atoms with Crippen LogP contribution in [0.2, 0.25) is 0 Å². The molecule has 3 aromatic rings. The molecule has 0 unspecified atom stereocenters. The summed E-state index contributed by atoms with van der Waals surface area (Å²) in [6.45, 7) is 0. The molecule has 5 rings (SSSR count). The topological polar surface area (TPSA) is 72.8 Å². The van der Waals surface area contributed by atoms with E-state index in [-0.39, 0.29) is 10.6 Å². The van der Waals surface area contributed by atoms with Crippen molar-refractivity contribution >= 4 is 28.4 Å². The Hall–Kier alpha value is -3.06. The molecule has 7 heteroatoms. The number of benzene rings is 2. The maximum atomic E-state index is 11.5. The van der Waals surface area contributed by atoms with Gasteiger partial charge in [0.1, 0.15) is 5.69 Å². The molecule has 0 radical (unpaired) electrons. The number of nitro groups is 1. The summed E-state index contributed by atoms with van der Waals surface area (Å²) in [4.78, 5) is 16.5. The minimum Gasteiger partial charge on any atom is -0.258 e. The van der Waals surface area contributed by atoms with E-state index in [1.807, 2.05) is 4.68 Å². The van der Waals surface area contributed by atoms with Crippen molar-refractivity contribution < 1.29 is 4.92 Å². The van der Waals surface area contributed by atoms with Crippen LogP contribution in [-0.4, -0.2) is 15.3 Å². The first-order valence-electron chi connectivity index (χ1n) is 12.3. The van der Waals surface area contributed by atoms with Gasteiger partial charge in [0.2, 0.25) is 4.80 Å². The molecule has 0 bridgehead atoms. The van der Waals surface area contributed by atoms with Crippen LogP contribution in [0.3, 0.4) is 0 Å². The monoisotopic (exact) mass is 474 g/mol. The molecule has 1 aromatic heterocycles. The summed E-state index contributed by atoms with van der Waals surface area (Å²) in [6, 6.07) is 15.5. The van der Waals surface area contributed by atoms with Crippen LogP contribution in [0.25, 0.3) is 11.3 Å². The molecule has 0 N–H and O–H groups in total. The number of thiazole rings is 1. The van der Waals surface area contributed by atoms with Crippen LogP contribution in [0, 0.1) is 10.1 Å². The van der Waals surface area contributed by atoms with Crippen molar-refractivity contribution in [2.24, 2.45) is 10.1 Å². The van der Waals surface area contributed by atoms with Crippen molar-refractivity contribution in [3.05, 3.63) is 74.4 Å². The molecule has 0 spiro atoms. The van der Waals surface area contributed by atoms with E-state index in [0.717, 1.165) is 36.9 Å². The first-order chi connectivity index (χ1) is 16.7. The summed E-state index contributed by atoms with van der Waals surface area (Å²) in [5.74, 6) is 0.670. The average molecular weight is 475 g/mol. The van der Waals surface area contributed by atoms with Gasteiger partial charge in [-0.15, -0.1) is 11.3 Å². The van der Waals surface area contributed by atoms with Crippen LogP contribution in [0.15, 0.2) is 64.0 Å². The van der Waals surface area contributed by atoms with Gasteiger partial charge >= 0.3 is 0 Å². The molecule has 34 heavy (non-hydrogen) atoms. The van der Waals surface area contributed by atoms with Gasteiger partial charge in [0.15, 0.2) is 0 Å². The Balaban J connectivity index is 1.57. The quantitative estimate of drug-likeness (QED) is 0.282. The zero-order valence-electron chi connectivity index (χ0n) is 19.4. The van der Waals surface area contributed by atoms with Crippen LogP contribution in [0.1, 0.15) is 75.7 Å². The number of hydrogen-bond donors (Lipinski definition) is 0. The number of hydrogen-bond acceptors (Lipinski definition) is 5. The van der Waals surface area contributed by atoms with E-state index in [1.165, 1.54) is 67.2 Å². The molecule has 6 nitrogen and oxygen atoms in total. The fourth-order valence-electron chi connectivity index (χ4n) is 5.05. The van der Waals surface area contributed by atoms with E-state index in [1.54, 1.807) is 18.2 Å². The third-order valence-corrected chi connectivity index (χ3v) is 7.75. The molecule has 1 heterocycles. The highest BCUT2D eigenvalue weighted by Crippen LogP contribution is 2.34. The second-order valence-electron chi connectivity index (χ2n) is 9.26. The van der Waals surface area contributed by atoms with Crippen molar-refractivity contribution in [2.45, 2.75) is 70.1 Å². The first-order valence-corrected chi connectivity index (χ1v) is 13.2. The summed E-state index contributed by atoms with van der Waals surface area (Å²) < 4.78 is 1.90. The summed E-state index contributed by atoms with van der Waals surface area (Å²) in [5.41, 5.74) is 5.04. The molecule has 2 aliphatic carbocycles. The van der Waals surface area contributed by atoms with Gasteiger partial charge in [0.25, 0.3) is 5.69 Å². The van der Waals surface area contributed by atoms with Gasteiger partial charge in [-0.25, -0.2) is 9.67 Å². The Bertz CT molecular complexity index is 1240.